The number of aromatic nitrogens is 4. The first-order chi connectivity index (χ1) is 11.2. The predicted octanol–water partition coefficient (Wildman–Crippen LogP) is 2.00. The molecule has 0 aliphatic carbocycles. The number of amides is 1. The van der Waals surface area contributed by atoms with E-state index >= 15 is 0 Å². The first-order valence-corrected chi connectivity index (χ1v) is 6.81. The Labute approximate surface area is 132 Å². The third kappa shape index (κ3) is 3.06. The minimum Gasteiger partial charge on any atom is -0.322 e. The zero-order chi connectivity index (χ0) is 16.2. The van der Waals surface area contributed by atoms with Crippen LogP contribution < -0.4 is 5.32 Å². The van der Waals surface area contributed by atoms with Crippen molar-refractivity contribution >= 4 is 11.6 Å². The summed E-state index contributed by atoms with van der Waals surface area (Å²) in [7, 11) is 1.74. The van der Waals surface area contributed by atoms with Crippen LogP contribution in [0.4, 0.5) is 5.69 Å². The molecule has 23 heavy (non-hydrogen) atoms. The lowest BCUT2D eigenvalue weighted by Crippen LogP contribution is -2.12. The molecule has 1 heterocycles. The van der Waals surface area contributed by atoms with E-state index in [0.717, 1.165) is 5.56 Å². The molecule has 0 bridgehead atoms. The third-order valence-electron chi connectivity index (χ3n) is 3.25. The standard InChI is InChI=1S/C16H12N6O/c1-22-15(19-20-21-22)12-5-3-7-14(9-12)18-16(23)13-6-2-4-11(8-13)10-17/h2-9H,1H3,(H,18,23). The van der Waals surface area contributed by atoms with Crippen LogP contribution in [0.25, 0.3) is 11.4 Å². The van der Waals surface area contributed by atoms with Gasteiger partial charge < -0.3 is 5.32 Å². The van der Waals surface area contributed by atoms with Gasteiger partial charge in [-0.05, 0) is 40.8 Å². The van der Waals surface area contributed by atoms with E-state index in [1.54, 1.807) is 48.1 Å². The molecule has 0 atom stereocenters. The lowest BCUT2D eigenvalue weighted by molar-refractivity contribution is 0.102. The summed E-state index contributed by atoms with van der Waals surface area (Å²) in [6.45, 7) is 0. The Morgan fingerprint density at radius 2 is 2.04 bits per heavy atom. The molecule has 7 nitrogen and oxygen atoms in total. The quantitative estimate of drug-likeness (QED) is 0.798. The fourth-order valence-corrected chi connectivity index (χ4v) is 2.14. The number of nitrogens with one attached hydrogen (secondary N) is 1. The van der Waals surface area contributed by atoms with Crippen molar-refractivity contribution in [2.24, 2.45) is 7.05 Å². The normalized spacial score (nSPS) is 10.1. The monoisotopic (exact) mass is 304 g/mol. The largest absolute Gasteiger partial charge is 0.322 e. The van der Waals surface area contributed by atoms with E-state index in [4.69, 9.17) is 5.26 Å². The zero-order valence-electron chi connectivity index (χ0n) is 12.3. The van der Waals surface area contributed by atoms with Gasteiger partial charge in [0.05, 0.1) is 11.6 Å². The number of carbonyl (C=O) groups is 1. The van der Waals surface area contributed by atoms with Gasteiger partial charge in [-0.3, -0.25) is 4.79 Å². The van der Waals surface area contributed by atoms with Crippen molar-refractivity contribution in [1.29, 1.82) is 5.26 Å². The number of nitriles is 1. The van der Waals surface area contributed by atoms with Crippen molar-refractivity contribution < 1.29 is 4.79 Å². The highest BCUT2D eigenvalue weighted by molar-refractivity contribution is 6.04. The summed E-state index contributed by atoms with van der Waals surface area (Å²) in [6, 6.07) is 15.8. The van der Waals surface area contributed by atoms with E-state index in [2.05, 4.69) is 20.8 Å². The third-order valence-corrected chi connectivity index (χ3v) is 3.25. The smallest absolute Gasteiger partial charge is 0.255 e. The van der Waals surface area contributed by atoms with Crippen molar-refractivity contribution in [3.8, 4) is 17.5 Å². The average molecular weight is 304 g/mol. The number of tetrazole rings is 1. The van der Waals surface area contributed by atoms with E-state index in [0.29, 0.717) is 22.6 Å². The number of anilines is 1. The molecule has 0 unspecified atom stereocenters. The average Bonchev–Trinajstić information content (AvgIpc) is 3.01. The van der Waals surface area contributed by atoms with Crippen LogP contribution in [0.5, 0.6) is 0 Å². The van der Waals surface area contributed by atoms with Gasteiger partial charge in [0.25, 0.3) is 5.91 Å². The van der Waals surface area contributed by atoms with Crippen LogP contribution >= 0.6 is 0 Å². The van der Waals surface area contributed by atoms with Gasteiger partial charge in [-0.2, -0.15) is 5.26 Å². The van der Waals surface area contributed by atoms with Gasteiger partial charge in [0.2, 0.25) is 0 Å². The van der Waals surface area contributed by atoms with Crippen molar-refractivity contribution in [2.75, 3.05) is 5.32 Å². The number of rotatable bonds is 3. The molecule has 0 spiro atoms. The van der Waals surface area contributed by atoms with E-state index in [9.17, 15) is 4.79 Å². The molecular formula is C16H12N6O. The number of hydrogen-bond acceptors (Lipinski definition) is 5. The summed E-state index contributed by atoms with van der Waals surface area (Å²) in [5, 5.41) is 23.0. The molecule has 1 N–H and O–H groups in total. The molecule has 1 amide bonds. The van der Waals surface area contributed by atoms with Crippen LogP contribution in [0.2, 0.25) is 0 Å². The summed E-state index contributed by atoms with van der Waals surface area (Å²) in [5.41, 5.74) is 2.28. The predicted molar refractivity (Wildman–Crippen MR) is 83.3 cm³/mol. The van der Waals surface area contributed by atoms with Gasteiger partial charge in [0.1, 0.15) is 0 Å². The second kappa shape index (κ2) is 6.07. The molecule has 2 aromatic carbocycles. The number of carbonyl (C=O) groups excluding carboxylic acids is 1. The Bertz CT molecular complexity index is 909. The Morgan fingerprint density at radius 3 is 2.78 bits per heavy atom. The van der Waals surface area contributed by atoms with E-state index in [1.807, 2.05) is 18.2 Å². The Balaban J connectivity index is 1.84. The fraction of sp³-hybridized carbons (Fsp3) is 0.0625. The van der Waals surface area contributed by atoms with Crippen molar-refractivity contribution in [3.05, 3.63) is 59.7 Å². The Kier molecular flexibility index (Phi) is 3.80. The second-order valence-electron chi connectivity index (χ2n) is 4.85. The second-order valence-corrected chi connectivity index (χ2v) is 4.85. The molecular weight excluding hydrogens is 292 g/mol. The molecule has 0 saturated heterocycles. The van der Waals surface area contributed by atoms with Crippen LogP contribution in [-0.4, -0.2) is 26.1 Å². The molecule has 3 aromatic rings. The summed E-state index contributed by atoms with van der Waals surface area (Å²) < 4.78 is 1.55. The van der Waals surface area contributed by atoms with E-state index in [1.165, 1.54) is 0 Å². The maximum atomic E-state index is 12.3. The lowest BCUT2D eigenvalue weighted by Gasteiger charge is -2.07. The van der Waals surface area contributed by atoms with Gasteiger partial charge in [-0.15, -0.1) is 5.10 Å². The number of aryl methyl sites for hydroxylation is 1. The highest BCUT2D eigenvalue weighted by Gasteiger charge is 2.10. The number of benzene rings is 2. The maximum absolute atomic E-state index is 12.3. The van der Waals surface area contributed by atoms with Gasteiger partial charge in [-0.1, -0.05) is 18.2 Å². The molecule has 0 saturated carbocycles. The summed E-state index contributed by atoms with van der Waals surface area (Å²) in [6.07, 6.45) is 0. The van der Waals surface area contributed by atoms with Crippen LogP contribution in [0.1, 0.15) is 15.9 Å². The van der Waals surface area contributed by atoms with Gasteiger partial charge in [0.15, 0.2) is 5.82 Å². The highest BCUT2D eigenvalue weighted by atomic mass is 16.1. The molecule has 7 heteroatoms. The van der Waals surface area contributed by atoms with Crippen LogP contribution in [0.15, 0.2) is 48.5 Å². The number of nitrogens with zero attached hydrogens (tertiary/aromatic N) is 5. The van der Waals surface area contributed by atoms with E-state index < -0.39 is 0 Å². The van der Waals surface area contributed by atoms with E-state index in [-0.39, 0.29) is 5.91 Å². The van der Waals surface area contributed by atoms with Gasteiger partial charge in [-0.25, -0.2) is 4.68 Å². The van der Waals surface area contributed by atoms with Crippen LogP contribution in [0.3, 0.4) is 0 Å². The minimum atomic E-state index is -0.282. The molecule has 0 fully saturated rings. The molecule has 112 valence electrons. The molecule has 3 rings (SSSR count). The molecule has 0 radical (unpaired) electrons. The molecule has 0 aliphatic heterocycles. The topological polar surface area (TPSA) is 96.5 Å². The fourth-order valence-electron chi connectivity index (χ4n) is 2.14. The van der Waals surface area contributed by atoms with Crippen molar-refractivity contribution in [1.82, 2.24) is 20.2 Å². The maximum Gasteiger partial charge on any atom is 0.255 e. The lowest BCUT2D eigenvalue weighted by atomic mass is 10.1. The summed E-state index contributed by atoms with van der Waals surface area (Å²) in [5.74, 6) is 0.322. The Hall–Kier alpha value is -3.53. The molecule has 1 aromatic heterocycles. The van der Waals surface area contributed by atoms with Crippen molar-refractivity contribution in [3.63, 3.8) is 0 Å². The molecule has 0 aliphatic rings. The SMILES string of the molecule is Cn1nnnc1-c1cccc(NC(=O)c2cccc(C#N)c2)c1. The first-order valence-electron chi connectivity index (χ1n) is 6.81. The van der Waals surface area contributed by atoms with Gasteiger partial charge >= 0.3 is 0 Å². The summed E-state index contributed by atoms with van der Waals surface area (Å²) >= 11 is 0. The minimum absolute atomic E-state index is 0.282. The van der Waals surface area contributed by atoms with Crippen molar-refractivity contribution in [2.45, 2.75) is 0 Å². The Morgan fingerprint density at radius 1 is 1.22 bits per heavy atom. The zero-order valence-corrected chi connectivity index (χ0v) is 12.3. The summed E-state index contributed by atoms with van der Waals surface area (Å²) in [4.78, 5) is 12.3. The van der Waals surface area contributed by atoms with Crippen LogP contribution in [-0.2, 0) is 7.05 Å². The highest BCUT2D eigenvalue weighted by Crippen LogP contribution is 2.20. The number of hydrogen-bond donors (Lipinski definition) is 1. The van der Waals surface area contributed by atoms with Gasteiger partial charge in [0, 0.05) is 23.9 Å². The first kappa shape index (κ1) is 14.4. The van der Waals surface area contributed by atoms with Crippen LogP contribution in [0, 0.1) is 11.3 Å².